The molecule has 1 aromatic carbocycles. The lowest BCUT2D eigenvalue weighted by molar-refractivity contribution is -0.113. The minimum absolute atomic E-state index is 0.0149. The number of hydrogen-bond acceptors (Lipinski definition) is 6. The van der Waals surface area contributed by atoms with Crippen LogP contribution in [-0.4, -0.2) is 31.9 Å². The van der Waals surface area contributed by atoms with Crippen molar-refractivity contribution >= 4 is 34.5 Å². The van der Waals surface area contributed by atoms with E-state index in [1.807, 2.05) is 24.3 Å². The van der Waals surface area contributed by atoms with Crippen molar-refractivity contribution in [3.05, 3.63) is 42.2 Å². The van der Waals surface area contributed by atoms with E-state index in [9.17, 15) is 4.79 Å². The molecular formula is C16H12N6O. The van der Waals surface area contributed by atoms with Gasteiger partial charge in [0.15, 0.2) is 17.4 Å². The summed E-state index contributed by atoms with van der Waals surface area (Å²) in [6.07, 6.45) is 4.84. The van der Waals surface area contributed by atoms with Crippen LogP contribution in [0.25, 0.3) is 28.2 Å². The number of nitrogens with one attached hydrogen (secondary N) is 1. The summed E-state index contributed by atoms with van der Waals surface area (Å²) in [5, 5.41) is 0. The number of ketones is 1. The summed E-state index contributed by atoms with van der Waals surface area (Å²) in [5.74, 6) is 0.781. The Balaban J connectivity index is 1.84. The number of imidazole rings is 1. The fourth-order valence-corrected chi connectivity index (χ4v) is 2.38. The molecule has 2 aromatic heterocycles. The number of carbonyl (C=O) groups is 1. The van der Waals surface area contributed by atoms with Crippen LogP contribution in [0.1, 0.15) is 12.1 Å². The number of fused-ring (bicyclic) bond motifs is 1. The topological polar surface area (TPSA) is 110 Å². The molecule has 7 nitrogen and oxygen atoms in total. The van der Waals surface area contributed by atoms with Gasteiger partial charge in [-0.25, -0.2) is 15.0 Å². The number of allylic oxidation sites excluding steroid dienone is 1. The number of para-hydroxylation sites is 2. The number of nitrogens with zero attached hydrogens (tertiary/aromatic N) is 4. The molecule has 112 valence electrons. The molecule has 7 heteroatoms. The first-order valence-electron chi connectivity index (χ1n) is 7.06. The molecule has 3 heterocycles. The summed E-state index contributed by atoms with van der Waals surface area (Å²) in [5.41, 5.74) is 9.05. The Morgan fingerprint density at radius 3 is 2.87 bits per heavy atom. The van der Waals surface area contributed by atoms with E-state index in [2.05, 4.69) is 24.9 Å². The highest BCUT2D eigenvalue weighted by Gasteiger charge is 2.15. The van der Waals surface area contributed by atoms with E-state index in [0.717, 1.165) is 11.0 Å². The number of nitrogen functional groups attached to an aromatic ring is 1. The van der Waals surface area contributed by atoms with Gasteiger partial charge in [-0.1, -0.05) is 12.1 Å². The molecule has 0 unspecified atom stereocenters. The molecule has 0 saturated carbocycles. The standard InChI is InChI=1S/C16H12N6O/c17-15-14(16-21-10-3-1-2-4-11(10)22-16)20-13(8-19-15)12-7-9(23)5-6-18-12/h1-4,6-8H,5H2,(H2,17,19)(H,21,22). The van der Waals surface area contributed by atoms with Crippen LogP contribution in [0.15, 0.2) is 41.5 Å². The van der Waals surface area contributed by atoms with Crippen LogP contribution in [0, 0.1) is 0 Å². The highest BCUT2D eigenvalue weighted by atomic mass is 16.1. The van der Waals surface area contributed by atoms with Gasteiger partial charge in [-0.3, -0.25) is 9.79 Å². The minimum Gasteiger partial charge on any atom is -0.382 e. The van der Waals surface area contributed by atoms with Gasteiger partial charge < -0.3 is 10.7 Å². The van der Waals surface area contributed by atoms with Crippen molar-refractivity contribution in [2.24, 2.45) is 4.99 Å². The minimum atomic E-state index is -0.0149. The number of carbonyl (C=O) groups excluding carboxylic acids is 1. The average Bonchev–Trinajstić information content (AvgIpc) is 2.99. The number of aromatic nitrogens is 4. The highest BCUT2D eigenvalue weighted by Crippen LogP contribution is 2.25. The van der Waals surface area contributed by atoms with E-state index >= 15 is 0 Å². The summed E-state index contributed by atoms with van der Waals surface area (Å²) in [6, 6.07) is 7.65. The molecule has 0 bridgehead atoms. The van der Waals surface area contributed by atoms with Crippen LogP contribution >= 0.6 is 0 Å². The van der Waals surface area contributed by atoms with Crippen LogP contribution in [0.5, 0.6) is 0 Å². The number of aromatic amines is 1. The Morgan fingerprint density at radius 1 is 1.17 bits per heavy atom. The molecule has 0 saturated heterocycles. The zero-order chi connectivity index (χ0) is 15.8. The maximum Gasteiger partial charge on any atom is 0.163 e. The van der Waals surface area contributed by atoms with Gasteiger partial charge >= 0.3 is 0 Å². The smallest absolute Gasteiger partial charge is 0.163 e. The van der Waals surface area contributed by atoms with Gasteiger partial charge in [0.25, 0.3) is 0 Å². The summed E-state index contributed by atoms with van der Waals surface area (Å²) in [6.45, 7) is 0. The Labute approximate surface area is 131 Å². The van der Waals surface area contributed by atoms with Gasteiger partial charge in [0.1, 0.15) is 11.4 Å². The van der Waals surface area contributed by atoms with E-state index < -0.39 is 0 Å². The molecule has 3 aromatic rings. The second-order valence-electron chi connectivity index (χ2n) is 5.10. The number of hydrogen-bond donors (Lipinski definition) is 2. The predicted molar refractivity (Wildman–Crippen MR) is 87.6 cm³/mol. The van der Waals surface area contributed by atoms with Crippen molar-refractivity contribution < 1.29 is 4.79 Å². The quantitative estimate of drug-likeness (QED) is 0.752. The van der Waals surface area contributed by atoms with Crippen molar-refractivity contribution in [2.45, 2.75) is 6.42 Å². The first kappa shape index (κ1) is 13.3. The van der Waals surface area contributed by atoms with Crippen LogP contribution in [0.4, 0.5) is 5.82 Å². The fraction of sp³-hybridized carbons (Fsp3) is 0.0625. The first-order chi connectivity index (χ1) is 11.2. The van der Waals surface area contributed by atoms with Gasteiger partial charge in [0.05, 0.1) is 22.9 Å². The lowest BCUT2D eigenvalue weighted by atomic mass is 10.2. The van der Waals surface area contributed by atoms with Gasteiger partial charge in [-0.15, -0.1) is 0 Å². The molecule has 0 fully saturated rings. The van der Waals surface area contributed by atoms with Gasteiger partial charge in [0.2, 0.25) is 0 Å². The lowest BCUT2D eigenvalue weighted by Crippen LogP contribution is -2.05. The number of aliphatic imine (C=N–C) groups is 1. The van der Waals surface area contributed by atoms with Crippen molar-refractivity contribution in [1.29, 1.82) is 0 Å². The summed E-state index contributed by atoms with van der Waals surface area (Å²) in [4.78, 5) is 32.0. The van der Waals surface area contributed by atoms with E-state index in [4.69, 9.17) is 5.73 Å². The summed E-state index contributed by atoms with van der Waals surface area (Å²) in [7, 11) is 0. The highest BCUT2D eigenvalue weighted by molar-refractivity contribution is 6.07. The third kappa shape index (κ3) is 2.38. The Hall–Kier alpha value is -3.35. The maximum atomic E-state index is 11.5. The summed E-state index contributed by atoms with van der Waals surface area (Å²) < 4.78 is 0. The Morgan fingerprint density at radius 2 is 2.04 bits per heavy atom. The third-order valence-electron chi connectivity index (χ3n) is 3.50. The zero-order valence-corrected chi connectivity index (χ0v) is 12.0. The van der Waals surface area contributed by atoms with Crippen molar-refractivity contribution in [1.82, 2.24) is 19.9 Å². The largest absolute Gasteiger partial charge is 0.382 e. The molecular weight excluding hydrogens is 292 g/mol. The molecule has 0 amide bonds. The molecule has 4 rings (SSSR count). The maximum absolute atomic E-state index is 11.5. The van der Waals surface area contributed by atoms with Crippen LogP contribution < -0.4 is 5.73 Å². The Kier molecular flexibility index (Phi) is 2.97. The van der Waals surface area contributed by atoms with Crippen LogP contribution in [0.3, 0.4) is 0 Å². The van der Waals surface area contributed by atoms with Gasteiger partial charge in [-0.05, 0) is 12.1 Å². The van der Waals surface area contributed by atoms with E-state index in [1.54, 1.807) is 6.21 Å². The monoisotopic (exact) mass is 304 g/mol. The SMILES string of the molecule is Nc1ncc(C2=CC(=O)CC=N2)nc1-c1nc2ccccc2[nH]1. The number of benzene rings is 1. The number of H-pyrrole nitrogens is 1. The molecule has 3 N–H and O–H groups in total. The van der Waals surface area contributed by atoms with E-state index in [1.165, 1.54) is 12.3 Å². The number of nitrogens with two attached hydrogens (primary N) is 1. The van der Waals surface area contributed by atoms with Crippen molar-refractivity contribution in [3.63, 3.8) is 0 Å². The van der Waals surface area contributed by atoms with Crippen molar-refractivity contribution in [2.75, 3.05) is 5.73 Å². The van der Waals surface area contributed by atoms with Gasteiger partial charge in [0, 0.05) is 18.7 Å². The van der Waals surface area contributed by atoms with E-state index in [0.29, 0.717) is 29.3 Å². The first-order valence-corrected chi connectivity index (χ1v) is 7.06. The molecule has 0 atom stereocenters. The lowest BCUT2D eigenvalue weighted by Gasteiger charge is -2.07. The molecule has 0 radical (unpaired) electrons. The van der Waals surface area contributed by atoms with E-state index in [-0.39, 0.29) is 11.6 Å². The molecule has 0 aliphatic carbocycles. The molecule has 0 spiro atoms. The number of anilines is 1. The second kappa shape index (κ2) is 5.13. The van der Waals surface area contributed by atoms with Crippen molar-refractivity contribution in [3.8, 4) is 11.5 Å². The third-order valence-corrected chi connectivity index (χ3v) is 3.50. The van der Waals surface area contributed by atoms with Crippen LogP contribution in [-0.2, 0) is 4.79 Å². The second-order valence-corrected chi connectivity index (χ2v) is 5.10. The summed E-state index contributed by atoms with van der Waals surface area (Å²) >= 11 is 0. The van der Waals surface area contributed by atoms with Gasteiger partial charge in [-0.2, -0.15) is 0 Å². The molecule has 23 heavy (non-hydrogen) atoms. The van der Waals surface area contributed by atoms with Crippen LogP contribution in [0.2, 0.25) is 0 Å². The zero-order valence-electron chi connectivity index (χ0n) is 12.0. The molecule has 1 aliphatic rings. The fourth-order valence-electron chi connectivity index (χ4n) is 2.38. The predicted octanol–water partition coefficient (Wildman–Crippen LogP) is 1.99. The Bertz CT molecular complexity index is 952. The molecule has 1 aliphatic heterocycles. The normalized spacial score (nSPS) is 14.3. The average molecular weight is 304 g/mol. The number of rotatable bonds is 2.